The lowest BCUT2D eigenvalue weighted by Gasteiger charge is -2.39. The molecule has 0 saturated heterocycles. The standard InChI is InChI=1S/C16H25NO2.ClH/c1-16(2,3)17-13-10-7-11-14(15(13)18)19-12-8-5-4-6-9-12;/h4-6,8-9,13-15,17-18H,7,10-11H2,1-3H3;1H/t13-,14+,15+;/m0./s1. The van der Waals surface area contributed by atoms with Gasteiger partial charge in [-0.1, -0.05) is 18.2 Å². The Hall–Kier alpha value is -0.770. The van der Waals surface area contributed by atoms with Crippen LogP contribution in [0.4, 0.5) is 0 Å². The molecule has 0 aliphatic heterocycles. The van der Waals surface area contributed by atoms with Crippen molar-refractivity contribution in [1.82, 2.24) is 5.32 Å². The molecular weight excluding hydrogens is 274 g/mol. The molecule has 2 rings (SSSR count). The number of hydrogen-bond donors (Lipinski definition) is 2. The SMILES string of the molecule is CC(C)(C)N[C@H]1CCC[C@@H](Oc2ccccc2)[C@@H]1O.Cl. The normalized spacial score (nSPS) is 26.7. The van der Waals surface area contributed by atoms with Gasteiger partial charge in [-0.25, -0.2) is 0 Å². The summed E-state index contributed by atoms with van der Waals surface area (Å²) >= 11 is 0. The van der Waals surface area contributed by atoms with Crippen LogP contribution in [0.3, 0.4) is 0 Å². The zero-order chi connectivity index (χ0) is 13.9. The summed E-state index contributed by atoms with van der Waals surface area (Å²) in [6, 6.07) is 9.86. The van der Waals surface area contributed by atoms with Crippen molar-refractivity contribution < 1.29 is 9.84 Å². The predicted molar refractivity (Wildman–Crippen MR) is 84.6 cm³/mol. The summed E-state index contributed by atoms with van der Waals surface area (Å²) in [6.45, 7) is 6.38. The second kappa shape index (κ2) is 7.30. The van der Waals surface area contributed by atoms with Gasteiger partial charge in [0.1, 0.15) is 18.0 Å². The van der Waals surface area contributed by atoms with E-state index in [0.29, 0.717) is 0 Å². The maximum absolute atomic E-state index is 10.5. The topological polar surface area (TPSA) is 41.5 Å². The van der Waals surface area contributed by atoms with Gasteiger partial charge >= 0.3 is 0 Å². The van der Waals surface area contributed by atoms with Crippen LogP contribution in [0.2, 0.25) is 0 Å². The first kappa shape index (κ1) is 17.3. The molecule has 1 saturated carbocycles. The summed E-state index contributed by atoms with van der Waals surface area (Å²) in [6.07, 6.45) is 2.44. The molecule has 1 aliphatic rings. The summed E-state index contributed by atoms with van der Waals surface area (Å²) in [5, 5.41) is 14.0. The van der Waals surface area contributed by atoms with Crippen molar-refractivity contribution in [2.45, 2.75) is 63.8 Å². The number of rotatable bonds is 3. The van der Waals surface area contributed by atoms with Crippen LogP contribution in [0.5, 0.6) is 5.75 Å². The molecule has 0 radical (unpaired) electrons. The fourth-order valence-corrected chi connectivity index (χ4v) is 2.66. The molecule has 4 heteroatoms. The molecule has 0 spiro atoms. The number of ether oxygens (including phenoxy) is 1. The Kier molecular flexibility index (Phi) is 6.31. The molecule has 20 heavy (non-hydrogen) atoms. The lowest BCUT2D eigenvalue weighted by molar-refractivity contribution is -0.0210. The zero-order valence-electron chi connectivity index (χ0n) is 12.5. The smallest absolute Gasteiger partial charge is 0.126 e. The molecule has 2 N–H and O–H groups in total. The quantitative estimate of drug-likeness (QED) is 0.901. The summed E-state index contributed by atoms with van der Waals surface area (Å²) in [5.74, 6) is 0.836. The van der Waals surface area contributed by atoms with Crippen LogP contribution in [0.1, 0.15) is 40.0 Å². The van der Waals surface area contributed by atoms with Crippen molar-refractivity contribution in [3.05, 3.63) is 30.3 Å². The Balaban J connectivity index is 0.00000200. The van der Waals surface area contributed by atoms with Crippen LogP contribution in [-0.4, -0.2) is 28.9 Å². The van der Waals surface area contributed by atoms with E-state index in [4.69, 9.17) is 4.74 Å². The molecule has 0 unspecified atom stereocenters. The average Bonchev–Trinajstić information content (AvgIpc) is 2.34. The molecule has 114 valence electrons. The van der Waals surface area contributed by atoms with Crippen molar-refractivity contribution in [2.75, 3.05) is 0 Å². The highest BCUT2D eigenvalue weighted by Gasteiger charge is 2.34. The Morgan fingerprint density at radius 1 is 1.15 bits per heavy atom. The van der Waals surface area contributed by atoms with Crippen LogP contribution in [0.25, 0.3) is 0 Å². The lowest BCUT2D eigenvalue weighted by Crippen LogP contribution is -2.56. The molecule has 3 atom stereocenters. The minimum atomic E-state index is -0.451. The predicted octanol–water partition coefficient (Wildman–Crippen LogP) is 3.16. The third-order valence-electron chi connectivity index (χ3n) is 3.45. The molecule has 3 nitrogen and oxygen atoms in total. The maximum Gasteiger partial charge on any atom is 0.126 e. The Morgan fingerprint density at radius 3 is 2.40 bits per heavy atom. The van der Waals surface area contributed by atoms with Crippen LogP contribution in [-0.2, 0) is 0 Å². The average molecular weight is 300 g/mol. The molecule has 0 heterocycles. The largest absolute Gasteiger partial charge is 0.488 e. The van der Waals surface area contributed by atoms with Gasteiger partial charge in [0.25, 0.3) is 0 Å². The highest BCUT2D eigenvalue weighted by molar-refractivity contribution is 5.85. The third-order valence-corrected chi connectivity index (χ3v) is 3.45. The van der Waals surface area contributed by atoms with Crippen molar-refractivity contribution in [1.29, 1.82) is 0 Å². The monoisotopic (exact) mass is 299 g/mol. The van der Waals surface area contributed by atoms with E-state index >= 15 is 0 Å². The van der Waals surface area contributed by atoms with Gasteiger partial charge in [0.15, 0.2) is 0 Å². The second-order valence-corrected chi connectivity index (χ2v) is 6.39. The third kappa shape index (κ3) is 4.97. The molecule has 0 amide bonds. The Labute approximate surface area is 128 Å². The van der Waals surface area contributed by atoms with Crippen LogP contribution >= 0.6 is 12.4 Å². The molecular formula is C16H26ClNO2. The van der Waals surface area contributed by atoms with Gasteiger partial charge in [0.2, 0.25) is 0 Å². The number of para-hydroxylation sites is 1. The fourth-order valence-electron chi connectivity index (χ4n) is 2.66. The van der Waals surface area contributed by atoms with Gasteiger partial charge < -0.3 is 15.2 Å². The van der Waals surface area contributed by atoms with Crippen molar-refractivity contribution in [3.63, 3.8) is 0 Å². The van der Waals surface area contributed by atoms with Gasteiger partial charge in [-0.2, -0.15) is 0 Å². The van der Waals surface area contributed by atoms with E-state index in [9.17, 15) is 5.11 Å². The zero-order valence-corrected chi connectivity index (χ0v) is 13.3. The minimum absolute atomic E-state index is 0. The highest BCUT2D eigenvalue weighted by Crippen LogP contribution is 2.25. The van der Waals surface area contributed by atoms with E-state index < -0.39 is 6.10 Å². The molecule has 1 aromatic carbocycles. The molecule has 1 aromatic rings. The van der Waals surface area contributed by atoms with Crippen molar-refractivity contribution in [3.8, 4) is 5.75 Å². The fraction of sp³-hybridized carbons (Fsp3) is 0.625. The Bertz CT molecular complexity index is 391. The number of halogens is 1. The van der Waals surface area contributed by atoms with E-state index in [-0.39, 0.29) is 30.1 Å². The van der Waals surface area contributed by atoms with E-state index in [1.165, 1.54) is 0 Å². The van der Waals surface area contributed by atoms with E-state index in [1.54, 1.807) is 0 Å². The lowest BCUT2D eigenvalue weighted by atomic mass is 9.88. The van der Waals surface area contributed by atoms with Crippen molar-refractivity contribution >= 4 is 12.4 Å². The first-order valence-electron chi connectivity index (χ1n) is 7.13. The van der Waals surface area contributed by atoms with Gasteiger partial charge in [0, 0.05) is 11.6 Å². The first-order valence-corrected chi connectivity index (χ1v) is 7.13. The number of benzene rings is 1. The maximum atomic E-state index is 10.5. The minimum Gasteiger partial charge on any atom is -0.488 e. The van der Waals surface area contributed by atoms with Crippen LogP contribution < -0.4 is 10.1 Å². The summed E-state index contributed by atoms with van der Waals surface area (Å²) in [7, 11) is 0. The van der Waals surface area contributed by atoms with Gasteiger partial charge in [-0.05, 0) is 52.2 Å². The van der Waals surface area contributed by atoms with E-state index in [0.717, 1.165) is 25.0 Å². The first-order chi connectivity index (χ1) is 8.96. The second-order valence-electron chi connectivity index (χ2n) is 6.39. The summed E-state index contributed by atoms with van der Waals surface area (Å²) in [5.41, 5.74) is 0.0142. The summed E-state index contributed by atoms with van der Waals surface area (Å²) in [4.78, 5) is 0. The van der Waals surface area contributed by atoms with E-state index in [1.807, 2.05) is 30.3 Å². The molecule has 1 fully saturated rings. The van der Waals surface area contributed by atoms with Gasteiger partial charge in [0.05, 0.1) is 0 Å². The molecule has 0 bridgehead atoms. The Morgan fingerprint density at radius 2 is 1.80 bits per heavy atom. The van der Waals surface area contributed by atoms with E-state index in [2.05, 4.69) is 26.1 Å². The van der Waals surface area contributed by atoms with Crippen LogP contribution in [0, 0.1) is 0 Å². The molecule has 1 aliphatic carbocycles. The van der Waals surface area contributed by atoms with Crippen LogP contribution in [0.15, 0.2) is 30.3 Å². The van der Waals surface area contributed by atoms with Gasteiger partial charge in [-0.3, -0.25) is 0 Å². The van der Waals surface area contributed by atoms with Gasteiger partial charge in [-0.15, -0.1) is 12.4 Å². The number of nitrogens with one attached hydrogen (secondary N) is 1. The highest BCUT2D eigenvalue weighted by atomic mass is 35.5. The number of aliphatic hydroxyl groups is 1. The molecule has 0 aromatic heterocycles. The number of aliphatic hydroxyl groups excluding tert-OH is 1. The van der Waals surface area contributed by atoms with Crippen molar-refractivity contribution in [2.24, 2.45) is 0 Å². The summed E-state index contributed by atoms with van der Waals surface area (Å²) < 4.78 is 5.92. The number of hydrogen-bond acceptors (Lipinski definition) is 3.